The number of aliphatic hydroxyl groups is 1. The van der Waals surface area contributed by atoms with Gasteiger partial charge in [-0.05, 0) is 68.4 Å². The van der Waals surface area contributed by atoms with E-state index >= 15 is 0 Å². The van der Waals surface area contributed by atoms with Crippen LogP contribution in [-0.2, 0) is 42.9 Å². The fourth-order valence-electron chi connectivity index (χ4n) is 9.91. The van der Waals surface area contributed by atoms with Gasteiger partial charge in [-0.3, -0.25) is 24.0 Å². The number of Topliss-reactive ketones (excluding diaryl/α,β-unsaturated/α-hetero) is 1. The largest absolute Gasteiger partial charge is 0.439 e. The van der Waals surface area contributed by atoms with Gasteiger partial charge in [0.25, 0.3) is 0 Å². The van der Waals surface area contributed by atoms with Crippen LogP contribution in [0.1, 0.15) is 125 Å². The Morgan fingerprint density at radius 3 is 2.13 bits per heavy atom. The number of hydrogen-bond donors (Lipinski definition) is 3. The molecule has 1 aromatic carbocycles. The molecule has 16 nitrogen and oxygen atoms in total. The molecule has 3 N–H and O–H groups in total. The average molecular weight is 956 g/mol. The number of hydrogen-bond acceptors (Lipinski definition) is 11. The lowest BCUT2D eigenvalue weighted by atomic mass is 9.83. The summed E-state index contributed by atoms with van der Waals surface area (Å²) in [6.45, 7) is 15.3. The fraction of sp³-hybridized carbons (Fsp3) is 0.731. The van der Waals surface area contributed by atoms with Crippen LogP contribution < -0.4 is 10.6 Å². The van der Waals surface area contributed by atoms with Crippen LogP contribution in [0.3, 0.4) is 0 Å². The van der Waals surface area contributed by atoms with E-state index in [0.29, 0.717) is 31.4 Å². The van der Waals surface area contributed by atoms with Gasteiger partial charge in [0.2, 0.25) is 23.6 Å². The molecule has 2 unspecified atom stereocenters. The summed E-state index contributed by atoms with van der Waals surface area (Å²) in [7, 11) is 7.84. The van der Waals surface area contributed by atoms with Crippen molar-refractivity contribution in [3.05, 3.63) is 48.0 Å². The standard InChI is InChI=1S/C52H85N5O11/c1-14-34(6)47(43(65-12)30-45(60)57-28-22-25-39(57)49(66-13)35(7)50(62)54-36(8)48(61)37-23-18-17-19-24-37)55(10)51(63)38(32(2)3)29-40(58)46(33(4)5)56(11)52(64)68-42-27-21-16-15-20-26-41(42)67-31-44(59)53-9/h17-19,21,23-24,27,32-36,38-39,41-43,46-49,61H,14-16,20,22,25-26,28-31H2,1-13H3,(H,53,59)(H,54,62)/b27-21+/t34-,35+,36+,38+,39-,41?,42?,43+,46-,47-,48+,49+/m0/s1. The number of carbonyl (C=O) groups is 6. The van der Waals surface area contributed by atoms with Crippen molar-refractivity contribution in [2.45, 2.75) is 168 Å². The number of methoxy groups -OCH3 is 2. The third kappa shape index (κ3) is 15.8. The molecule has 5 amide bonds. The molecular formula is C52H85N5O11. The van der Waals surface area contributed by atoms with Gasteiger partial charge in [0.1, 0.15) is 12.7 Å². The lowest BCUT2D eigenvalue weighted by molar-refractivity contribution is -0.149. The van der Waals surface area contributed by atoms with E-state index in [4.69, 9.17) is 18.9 Å². The van der Waals surface area contributed by atoms with Crippen LogP contribution in [0.2, 0.25) is 0 Å². The topological polar surface area (TPSA) is 193 Å². The third-order valence-electron chi connectivity index (χ3n) is 14.2. The Labute approximate surface area is 406 Å². The van der Waals surface area contributed by atoms with Gasteiger partial charge in [-0.15, -0.1) is 0 Å². The zero-order valence-corrected chi connectivity index (χ0v) is 43.3. The Morgan fingerprint density at radius 2 is 1.54 bits per heavy atom. The maximum absolute atomic E-state index is 14.7. The Balaban J connectivity index is 1.78. The van der Waals surface area contributed by atoms with Crippen molar-refractivity contribution < 1.29 is 52.8 Å². The predicted molar refractivity (Wildman–Crippen MR) is 261 cm³/mol. The van der Waals surface area contributed by atoms with Gasteiger partial charge in [-0.2, -0.15) is 0 Å². The Morgan fingerprint density at radius 1 is 0.868 bits per heavy atom. The summed E-state index contributed by atoms with van der Waals surface area (Å²) in [4.78, 5) is 87.7. The number of carbonyl (C=O) groups excluding carboxylic acids is 6. The minimum atomic E-state index is -0.907. The number of likely N-dealkylation sites (N-methyl/N-ethyl adjacent to an activating group) is 3. The molecule has 3 rings (SSSR count). The number of ketones is 1. The van der Waals surface area contributed by atoms with Crippen LogP contribution in [0.4, 0.5) is 4.79 Å². The minimum Gasteiger partial charge on any atom is -0.439 e. The van der Waals surface area contributed by atoms with E-state index < -0.39 is 66.6 Å². The highest BCUT2D eigenvalue weighted by molar-refractivity contribution is 5.92. The zero-order chi connectivity index (χ0) is 50.8. The van der Waals surface area contributed by atoms with Gasteiger partial charge >= 0.3 is 6.09 Å². The smallest absolute Gasteiger partial charge is 0.410 e. The van der Waals surface area contributed by atoms with Crippen molar-refractivity contribution in [2.24, 2.45) is 29.6 Å². The molecule has 0 bridgehead atoms. The van der Waals surface area contributed by atoms with Gasteiger partial charge in [0.15, 0.2) is 5.78 Å². The summed E-state index contributed by atoms with van der Waals surface area (Å²) in [5, 5.41) is 16.4. The number of likely N-dealkylation sites (tertiary alicyclic amines) is 1. The second kappa shape index (κ2) is 28.3. The number of nitrogens with one attached hydrogen (secondary N) is 2. The highest BCUT2D eigenvalue weighted by Gasteiger charge is 2.44. The van der Waals surface area contributed by atoms with E-state index in [2.05, 4.69) is 10.6 Å². The second-order valence-corrected chi connectivity index (χ2v) is 19.6. The van der Waals surface area contributed by atoms with Crippen LogP contribution in [0.25, 0.3) is 0 Å². The van der Waals surface area contributed by atoms with Gasteiger partial charge < -0.3 is 49.4 Å². The molecule has 2 aliphatic rings. The molecule has 0 radical (unpaired) electrons. The van der Waals surface area contributed by atoms with E-state index in [0.717, 1.165) is 25.7 Å². The van der Waals surface area contributed by atoms with Crippen molar-refractivity contribution in [2.75, 3.05) is 48.5 Å². The molecule has 384 valence electrons. The lowest BCUT2D eigenvalue weighted by Gasteiger charge is -2.41. The maximum Gasteiger partial charge on any atom is 0.410 e. The van der Waals surface area contributed by atoms with Gasteiger partial charge in [0.05, 0.1) is 60.9 Å². The summed E-state index contributed by atoms with van der Waals surface area (Å²) < 4.78 is 23.9. The molecule has 0 aromatic heterocycles. The van der Waals surface area contributed by atoms with Gasteiger partial charge in [0, 0.05) is 54.2 Å². The fourth-order valence-corrected chi connectivity index (χ4v) is 9.91. The highest BCUT2D eigenvalue weighted by atomic mass is 16.6. The predicted octanol–water partition coefficient (Wildman–Crippen LogP) is 6.10. The van der Waals surface area contributed by atoms with Gasteiger partial charge in [-0.1, -0.05) is 97.7 Å². The maximum atomic E-state index is 14.7. The number of amides is 5. The first-order valence-corrected chi connectivity index (χ1v) is 24.8. The second-order valence-electron chi connectivity index (χ2n) is 19.6. The number of aliphatic hydroxyl groups excluding tert-OH is 1. The van der Waals surface area contributed by atoms with Crippen LogP contribution in [0.15, 0.2) is 42.5 Å². The number of ether oxygens (including phenoxy) is 4. The molecule has 1 aromatic rings. The first-order valence-electron chi connectivity index (χ1n) is 24.8. The van der Waals surface area contributed by atoms with Crippen molar-refractivity contribution in [1.29, 1.82) is 0 Å². The molecule has 16 heteroatoms. The molecule has 1 heterocycles. The van der Waals surface area contributed by atoms with E-state index in [1.54, 1.807) is 48.9 Å². The molecule has 1 fully saturated rings. The molecule has 1 saturated heterocycles. The van der Waals surface area contributed by atoms with E-state index in [-0.39, 0.29) is 72.7 Å². The molecule has 12 atom stereocenters. The minimum absolute atomic E-state index is 0.0293. The van der Waals surface area contributed by atoms with E-state index in [9.17, 15) is 33.9 Å². The van der Waals surface area contributed by atoms with Crippen molar-refractivity contribution >= 4 is 35.5 Å². The van der Waals surface area contributed by atoms with Crippen LogP contribution >= 0.6 is 0 Å². The summed E-state index contributed by atoms with van der Waals surface area (Å²) in [5.74, 6) is -3.37. The molecule has 68 heavy (non-hydrogen) atoms. The summed E-state index contributed by atoms with van der Waals surface area (Å²) in [5.41, 5.74) is 0.691. The first kappa shape index (κ1) is 57.9. The van der Waals surface area contributed by atoms with E-state index in [1.165, 1.54) is 33.2 Å². The van der Waals surface area contributed by atoms with Crippen LogP contribution in [0.5, 0.6) is 0 Å². The van der Waals surface area contributed by atoms with Crippen molar-refractivity contribution in [3.63, 3.8) is 0 Å². The number of allylic oxidation sites excluding steroid dienone is 1. The summed E-state index contributed by atoms with van der Waals surface area (Å²) >= 11 is 0. The zero-order valence-electron chi connectivity index (χ0n) is 43.3. The number of nitrogens with zero attached hydrogens (tertiary/aromatic N) is 3. The third-order valence-corrected chi connectivity index (χ3v) is 14.2. The Kier molecular flexibility index (Phi) is 24.1. The Hall–Kier alpha value is -4.38. The number of rotatable bonds is 25. The quantitative estimate of drug-likeness (QED) is 0.0960. The molecular weight excluding hydrogens is 871 g/mol. The average Bonchev–Trinajstić information content (AvgIpc) is 3.80. The van der Waals surface area contributed by atoms with Crippen LogP contribution in [0, 0.1) is 29.6 Å². The molecule has 0 spiro atoms. The highest BCUT2D eigenvalue weighted by Crippen LogP contribution is 2.32. The van der Waals surface area contributed by atoms with Crippen molar-refractivity contribution in [1.82, 2.24) is 25.3 Å². The van der Waals surface area contributed by atoms with Crippen LogP contribution in [-0.4, -0.2) is 152 Å². The van der Waals surface area contributed by atoms with Crippen molar-refractivity contribution in [3.8, 4) is 0 Å². The monoisotopic (exact) mass is 956 g/mol. The number of benzene rings is 1. The lowest BCUT2D eigenvalue weighted by Crippen LogP contribution is -2.55. The Bertz CT molecular complexity index is 1800. The summed E-state index contributed by atoms with van der Waals surface area (Å²) in [6.07, 6.45) is 4.52. The first-order chi connectivity index (χ1) is 32.2. The SMILES string of the molecule is CC[C@H](C)[C@@H]([C@@H](CC(=O)N1CCC[C@H]1[C@H](OC)[C@@H](C)C(=O)N[C@H](C)[C@@H](O)c1ccccc1)OC)N(C)C(=O)[C@H](CC(=O)[C@H](C(C)C)N(C)C(=O)OC1/C=C/CCCCC1OCC(=O)NC)C(C)C. The van der Waals surface area contributed by atoms with E-state index in [1.807, 2.05) is 65.8 Å². The summed E-state index contributed by atoms with van der Waals surface area (Å²) in [6, 6.07) is 6.74. The molecule has 0 saturated carbocycles. The molecule has 1 aliphatic heterocycles. The normalized spacial score (nSPS) is 22.0. The van der Waals surface area contributed by atoms with Gasteiger partial charge in [-0.25, -0.2) is 4.79 Å². The molecule has 1 aliphatic carbocycles.